The van der Waals surface area contributed by atoms with E-state index in [9.17, 15) is 13.9 Å². The number of aryl methyl sites for hydroxylation is 2. The Morgan fingerprint density at radius 1 is 0.889 bits per heavy atom. The van der Waals surface area contributed by atoms with Gasteiger partial charge in [0.1, 0.15) is 0 Å². The maximum atomic E-state index is 13.3. The first-order valence-corrected chi connectivity index (χ1v) is 17.8. The molecule has 6 rings (SSSR count). The monoisotopic (exact) mass is 627 g/mol. The van der Waals surface area contributed by atoms with Crippen molar-refractivity contribution in [1.82, 2.24) is 24.7 Å². The molecule has 1 amide bonds. The van der Waals surface area contributed by atoms with E-state index in [-0.39, 0.29) is 11.4 Å². The van der Waals surface area contributed by atoms with Crippen LogP contribution in [0.2, 0.25) is 0 Å². The highest BCUT2D eigenvalue weighted by Crippen LogP contribution is 2.44. The first-order chi connectivity index (χ1) is 21.5. The molecule has 8 nitrogen and oxygen atoms in total. The number of carbonyl (C=O) groups excluding carboxylic acids is 1. The van der Waals surface area contributed by atoms with E-state index in [1.165, 1.54) is 11.1 Å². The lowest BCUT2D eigenvalue weighted by Crippen LogP contribution is -2.49. The number of rotatable bonds is 6. The van der Waals surface area contributed by atoms with E-state index in [4.69, 9.17) is 9.97 Å². The molecule has 1 aromatic heterocycles. The third kappa shape index (κ3) is 6.37. The number of hydrogen-bond donors (Lipinski definition) is 2. The summed E-state index contributed by atoms with van der Waals surface area (Å²) in [5.41, 5.74) is 9.36. The molecular formula is C36H45N5O3S. The summed E-state index contributed by atoms with van der Waals surface area (Å²) in [6, 6.07) is 18.7. The smallest absolute Gasteiger partial charge is 0.254 e. The zero-order chi connectivity index (χ0) is 31.9. The molecule has 3 aromatic carbocycles. The SMILES string of the molecule is CCN1CCN(C(=O)c2ccc(-c3cnc4cccc(-c5ccc(C(C)(C)N6CCS(O)(O)CC6)c(C)c5)c4n3)cc2C)CC1. The zero-order valence-corrected chi connectivity index (χ0v) is 27.9. The molecule has 2 aliphatic heterocycles. The number of para-hydroxylation sites is 1. The van der Waals surface area contributed by atoms with Crippen molar-refractivity contribution in [2.45, 2.75) is 40.2 Å². The van der Waals surface area contributed by atoms with E-state index in [1.807, 2.05) is 42.3 Å². The molecule has 0 spiro atoms. The minimum atomic E-state index is -2.44. The standard InChI is InChI=1S/C36H45N5O3S/c1-6-39-14-16-40(17-15-39)35(42)29-12-10-28(22-25(29)2)33-24-37-32-9-7-8-30(34(32)38-33)27-11-13-31(26(3)23-27)36(4,5)41-18-20-45(43,44)21-19-41/h7-13,22-24,43-44H,6,14-21H2,1-5H3. The summed E-state index contributed by atoms with van der Waals surface area (Å²) in [7, 11) is -2.44. The number of likely N-dealkylation sites (N-methyl/N-ethyl adjacent to an activating group) is 1. The lowest BCUT2D eigenvalue weighted by molar-refractivity contribution is 0.0642. The van der Waals surface area contributed by atoms with Crippen molar-refractivity contribution in [2.24, 2.45) is 0 Å². The third-order valence-electron chi connectivity index (χ3n) is 9.80. The minimum Gasteiger partial charge on any atom is -0.336 e. The molecule has 45 heavy (non-hydrogen) atoms. The molecule has 2 saturated heterocycles. The van der Waals surface area contributed by atoms with Crippen molar-refractivity contribution >= 4 is 27.5 Å². The van der Waals surface area contributed by atoms with Gasteiger partial charge in [-0.1, -0.05) is 43.3 Å². The van der Waals surface area contributed by atoms with Crippen molar-refractivity contribution in [3.63, 3.8) is 0 Å². The van der Waals surface area contributed by atoms with E-state index < -0.39 is 10.6 Å². The number of carbonyl (C=O) groups is 1. The van der Waals surface area contributed by atoms with Crippen LogP contribution in [0.3, 0.4) is 0 Å². The van der Waals surface area contributed by atoms with Crippen molar-refractivity contribution in [3.8, 4) is 22.4 Å². The highest BCUT2D eigenvalue weighted by atomic mass is 32.3. The van der Waals surface area contributed by atoms with Crippen molar-refractivity contribution in [3.05, 3.63) is 83.0 Å². The molecule has 2 fully saturated rings. The molecule has 9 heteroatoms. The van der Waals surface area contributed by atoms with Gasteiger partial charge in [0.15, 0.2) is 0 Å². The second-order valence-corrected chi connectivity index (χ2v) is 15.4. The van der Waals surface area contributed by atoms with Gasteiger partial charge in [0.2, 0.25) is 0 Å². The molecule has 0 atom stereocenters. The van der Waals surface area contributed by atoms with Crippen LogP contribution in [0.15, 0.2) is 60.8 Å². The Labute approximate surface area is 268 Å². The summed E-state index contributed by atoms with van der Waals surface area (Å²) in [5.74, 6) is 0.957. The van der Waals surface area contributed by atoms with Crippen molar-refractivity contribution in [2.75, 3.05) is 57.3 Å². The fourth-order valence-electron chi connectivity index (χ4n) is 6.88. The van der Waals surface area contributed by atoms with Gasteiger partial charge in [-0.2, -0.15) is 10.6 Å². The van der Waals surface area contributed by atoms with Crippen LogP contribution in [0.4, 0.5) is 0 Å². The van der Waals surface area contributed by atoms with Crippen LogP contribution in [0.1, 0.15) is 47.8 Å². The van der Waals surface area contributed by atoms with Crippen LogP contribution in [0.5, 0.6) is 0 Å². The topological polar surface area (TPSA) is 93.0 Å². The summed E-state index contributed by atoms with van der Waals surface area (Å²) in [5, 5.41) is 0. The van der Waals surface area contributed by atoms with Crippen molar-refractivity contribution in [1.29, 1.82) is 0 Å². The average molecular weight is 628 g/mol. The number of benzene rings is 3. The van der Waals surface area contributed by atoms with Crippen LogP contribution < -0.4 is 0 Å². The van der Waals surface area contributed by atoms with Crippen molar-refractivity contribution < 1.29 is 13.9 Å². The molecule has 0 aliphatic carbocycles. The van der Waals surface area contributed by atoms with Gasteiger partial charge in [0, 0.05) is 61.5 Å². The highest BCUT2D eigenvalue weighted by molar-refractivity contribution is 8.24. The van der Waals surface area contributed by atoms with Gasteiger partial charge in [-0.3, -0.25) is 23.8 Å². The number of nitrogens with zero attached hydrogens (tertiary/aromatic N) is 5. The molecule has 2 aliphatic rings. The second-order valence-electron chi connectivity index (χ2n) is 13.0. The Bertz CT molecular complexity index is 1720. The number of fused-ring (bicyclic) bond motifs is 1. The summed E-state index contributed by atoms with van der Waals surface area (Å²) in [4.78, 5) is 29.9. The maximum absolute atomic E-state index is 13.3. The Balaban J connectivity index is 1.27. The molecule has 238 valence electrons. The molecule has 3 heterocycles. The van der Waals surface area contributed by atoms with E-state index in [0.29, 0.717) is 24.6 Å². The van der Waals surface area contributed by atoms with Crippen LogP contribution >= 0.6 is 10.6 Å². The Morgan fingerprint density at radius 3 is 2.24 bits per heavy atom. The molecule has 0 saturated carbocycles. The molecule has 2 N–H and O–H groups in total. The predicted molar refractivity (Wildman–Crippen MR) is 185 cm³/mol. The van der Waals surface area contributed by atoms with E-state index in [2.05, 4.69) is 67.8 Å². The first-order valence-electron chi connectivity index (χ1n) is 16.0. The van der Waals surface area contributed by atoms with Gasteiger partial charge < -0.3 is 9.80 Å². The summed E-state index contributed by atoms with van der Waals surface area (Å²) >= 11 is 0. The van der Waals surface area contributed by atoms with Gasteiger partial charge >= 0.3 is 0 Å². The average Bonchev–Trinajstić information content (AvgIpc) is 3.03. The summed E-state index contributed by atoms with van der Waals surface area (Å²) < 4.78 is 20.2. The van der Waals surface area contributed by atoms with Crippen LogP contribution in [0, 0.1) is 13.8 Å². The molecule has 0 radical (unpaired) electrons. The van der Waals surface area contributed by atoms with E-state index in [0.717, 1.165) is 77.3 Å². The molecular weight excluding hydrogens is 582 g/mol. The lowest BCUT2D eigenvalue weighted by atomic mass is 9.86. The Hall–Kier alpha value is -3.34. The third-order valence-corrected chi connectivity index (χ3v) is 11.5. The van der Waals surface area contributed by atoms with Gasteiger partial charge in [0.25, 0.3) is 5.91 Å². The number of aromatic nitrogens is 2. The fourth-order valence-corrected chi connectivity index (χ4v) is 8.11. The Kier molecular flexibility index (Phi) is 8.76. The Morgan fingerprint density at radius 2 is 1.58 bits per heavy atom. The van der Waals surface area contributed by atoms with Crippen LogP contribution in [-0.4, -0.2) is 97.0 Å². The van der Waals surface area contributed by atoms with E-state index >= 15 is 0 Å². The normalized spacial score (nSPS) is 18.7. The van der Waals surface area contributed by atoms with E-state index in [1.54, 1.807) is 0 Å². The minimum absolute atomic E-state index is 0.0972. The summed E-state index contributed by atoms with van der Waals surface area (Å²) in [6.45, 7) is 16.5. The van der Waals surface area contributed by atoms with Gasteiger partial charge in [-0.25, -0.2) is 4.98 Å². The maximum Gasteiger partial charge on any atom is 0.254 e. The fraction of sp³-hybridized carbons (Fsp3) is 0.417. The number of hydrogen-bond acceptors (Lipinski definition) is 7. The van der Waals surface area contributed by atoms with Gasteiger partial charge in [-0.15, -0.1) is 0 Å². The van der Waals surface area contributed by atoms with Crippen LogP contribution in [-0.2, 0) is 5.54 Å². The predicted octanol–water partition coefficient (Wildman–Crippen LogP) is 6.66. The largest absolute Gasteiger partial charge is 0.336 e. The van der Waals surface area contributed by atoms with Gasteiger partial charge in [-0.05, 0) is 74.7 Å². The molecule has 4 aromatic rings. The number of amides is 1. The second kappa shape index (κ2) is 12.5. The number of piperazine rings is 1. The van der Waals surface area contributed by atoms with Crippen LogP contribution in [0.25, 0.3) is 33.4 Å². The highest BCUT2D eigenvalue weighted by Gasteiger charge is 2.34. The summed E-state index contributed by atoms with van der Waals surface area (Å²) in [6.07, 6.45) is 1.82. The lowest BCUT2D eigenvalue weighted by Gasteiger charge is -2.48. The molecule has 0 bridgehead atoms. The quantitative estimate of drug-likeness (QED) is 0.247. The first kappa shape index (κ1) is 31.6. The zero-order valence-electron chi connectivity index (χ0n) is 27.1. The van der Waals surface area contributed by atoms with Gasteiger partial charge in [0.05, 0.1) is 34.4 Å². The molecule has 0 unspecified atom stereocenters.